The fraction of sp³-hybridized carbons (Fsp3) is 0.0909. The van der Waals surface area contributed by atoms with Gasteiger partial charge in [0, 0.05) is 22.7 Å². The number of alkyl halides is 6. The Bertz CT molecular complexity index is 1540. The Kier molecular flexibility index (Phi) is 5.12. The first-order chi connectivity index (χ1) is 16.9. The topological polar surface area (TPSA) is 98.1 Å². The standard InChI is InChI=1S/C22H11F6N5O3/c23-21(24,25)16-8-10(6-7-29-16)31-19(34)13-9-30-33(18(13)22(26,27)28)14-4-5-15-17-11(14)2-1-3-12(17)20(35)32-36-15/h1-9H,(H,32,35)(H,29,31,34). The van der Waals surface area contributed by atoms with Crippen LogP contribution in [0.15, 0.2) is 54.9 Å². The Hall–Kier alpha value is -4.62. The molecule has 2 amide bonds. The number of hydrogen-bond acceptors (Lipinski definition) is 5. The van der Waals surface area contributed by atoms with E-state index in [-0.39, 0.29) is 27.8 Å². The van der Waals surface area contributed by atoms with Gasteiger partial charge >= 0.3 is 12.4 Å². The molecule has 0 aliphatic carbocycles. The molecule has 1 aliphatic rings. The van der Waals surface area contributed by atoms with Crippen molar-refractivity contribution in [1.29, 1.82) is 0 Å². The predicted octanol–water partition coefficient (Wildman–Crippen LogP) is 4.75. The number of pyridine rings is 1. The molecule has 0 bridgehead atoms. The number of nitrogens with one attached hydrogen (secondary N) is 2. The molecule has 1 aliphatic heterocycles. The number of rotatable bonds is 3. The molecule has 2 aromatic heterocycles. The lowest BCUT2D eigenvalue weighted by atomic mass is 10.0. The number of carbonyl (C=O) groups excluding carboxylic acids is 2. The first kappa shape index (κ1) is 23.1. The van der Waals surface area contributed by atoms with Crippen LogP contribution in [-0.4, -0.2) is 26.6 Å². The van der Waals surface area contributed by atoms with E-state index in [0.717, 1.165) is 12.3 Å². The van der Waals surface area contributed by atoms with Gasteiger partial charge in [-0.3, -0.25) is 14.6 Å². The molecule has 5 rings (SSSR count). The highest BCUT2D eigenvalue weighted by atomic mass is 19.4. The molecule has 0 saturated carbocycles. The van der Waals surface area contributed by atoms with Gasteiger partial charge in [-0.1, -0.05) is 12.1 Å². The maximum absolute atomic E-state index is 14.2. The smallest absolute Gasteiger partial charge is 0.379 e. The Morgan fingerprint density at radius 1 is 1.03 bits per heavy atom. The Morgan fingerprint density at radius 3 is 2.53 bits per heavy atom. The van der Waals surface area contributed by atoms with E-state index in [1.165, 1.54) is 30.3 Å². The van der Waals surface area contributed by atoms with Crippen LogP contribution in [0, 0.1) is 0 Å². The quantitative estimate of drug-likeness (QED) is 0.390. The van der Waals surface area contributed by atoms with E-state index in [2.05, 4.69) is 15.6 Å². The molecule has 2 N–H and O–H groups in total. The van der Waals surface area contributed by atoms with Crippen LogP contribution in [-0.2, 0) is 12.4 Å². The molecule has 36 heavy (non-hydrogen) atoms. The van der Waals surface area contributed by atoms with Crippen LogP contribution in [0.4, 0.5) is 32.0 Å². The average Bonchev–Trinajstić information content (AvgIpc) is 3.27. The van der Waals surface area contributed by atoms with Gasteiger partial charge in [-0.05, 0) is 30.3 Å². The van der Waals surface area contributed by atoms with Gasteiger partial charge < -0.3 is 10.2 Å². The van der Waals surface area contributed by atoms with Crippen molar-refractivity contribution in [1.82, 2.24) is 20.2 Å². The molecule has 4 aromatic rings. The summed E-state index contributed by atoms with van der Waals surface area (Å²) in [6, 6.07) is 8.47. The van der Waals surface area contributed by atoms with Crippen molar-refractivity contribution >= 4 is 28.3 Å². The molecule has 0 fully saturated rings. The van der Waals surface area contributed by atoms with Crippen molar-refractivity contribution in [2.45, 2.75) is 12.4 Å². The van der Waals surface area contributed by atoms with Crippen molar-refractivity contribution in [2.24, 2.45) is 0 Å². The number of amides is 2. The molecule has 14 heteroatoms. The zero-order chi connectivity index (χ0) is 25.8. The van der Waals surface area contributed by atoms with Crippen molar-refractivity contribution < 1.29 is 40.8 Å². The van der Waals surface area contributed by atoms with Crippen molar-refractivity contribution in [2.75, 3.05) is 5.32 Å². The molecule has 3 heterocycles. The highest BCUT2D eigenvalue weighted by Gasteiger charge is 2.41. The Labute approximate surface area is 196 Å². The number of hydrogen-bond donors (Lipinski definition) is 2. The molecule has 0 unspecified atom stereocenters. The van der Waals surface area contributed by atoms with Gasteiger partial charge in [0.05, 0.1) is 23.0 Å². The SMILES string of the molecule is O=C(Nc1ccnc(C(F)(F)F)c1)c1cnn(-c2ccc3c4c(cccc24)C(=O)NO3)c1C(F)(F)F. The van der Waals surface area contributed by atoms with E-state index < -0.39 is 46.8 Å². The van der Waals surface area contributed by atoms with E-state index in [1.54, 1.807) is 0 Å². The van der Waals surface area contributed by atoms with Crippen molar-refractivity contribution in [3.8, 4) is 11.4 Å². The van der Waals surface area contributed by atoms with E-state index in [4.69, 9.17) is 4.84 Å². The fourth-order valence-corrected chi connectivity index (χ4v) is 3.81. The molecule has 8 nitrogen and oxygen atoms in total. The number of benzene rings is 2. The number of hydroxylamine groups is 1. The van der Waals surface area contributed by atoms with Crippen LogP contribution in [0.1, 0.15) is 32.1 Å². The molecule has 0 radical (unpaired) electrons. The second-order valence-corrected chi connectivity index (χ2v) is 7.54. The molecule has 2 aromatic carbocycles. The molecule has 0 spiro atoms. The second kappa shape index (κ2) is 7.96. The number of anilines is 1. The van der Waals surface area contributed by atoms with Crippen molar-refractivity contribution in [3.05, 3.63) is 77.4 Å². The Morgan fingerprint density at radius 2 is 1.81 bits per heavy atom. The molecule has 0 atom stereocenters. The zero-order valence-corrected chi connectivity index (χ0v) is 17.5. The zero-order valence-electron chi connectivity index (χ0n) is 17.5. The first-order valence-electron chi connectivity index (χ1n) is 9.98. The molecular weight excluding hydrogens is 496 g/mol. The summed E-state index contributed by atoms with van der Waals surface area (Å²) in [4.78, 5) is 33.1. The summed E-state index contributed by atoms with van der Waals surface area (Å²) < 4.78 is 81.7. The highest BCUT2D eigenvalue weighted by Crippen LogP contribution is 2.39. The van der Waals surface area contributed by atoms with Gasteiger partial charge in [0.2, 0.25) is 0 Å². The maximum atomic E-state index is 14.2. The average molecular weight is 507 g/mol. The largest absolute Gasteiger partial charge is 0.434 e. The van der Waals surface area contributed by atoms with Crippen LogP contribution in [0.25, 0.3) is 16.5 Å². The first-order valence-corrected chi connectivity index (χ1v) is 9.98. The van der Waals surface area contributed by atoms with Crippen LogP contribution in [0.2, 0.25) is 0 Å². The molecular formula is C22H11F6N5O3. The van der Waals surface area contributed by atoms with E-state index in [0.29, 0.717) is 16.9 Å². The third kappa shape index (κ3) is 3.85. The number of aromatic nitrogens is 3. The lowest BCUT2D eigenvalue weighted by Crippen LogP contribution is -2.30. The number of nitrogens with zero attached hydrogens (tertiary/aromatic N) is 3. The summed E-state index contributed by atoms with van der Waals surface area (Å²) >= 11 is 0. The van der Waals surface area contributed by atoms with Gasteiger partial charge in [0.1, 0.15) is 5.69 Å². The van der Waals surface area contributed by atoms with Gasteiger partial charge in [0.15, 0.2) is 11.4 Å². The van der Waals surface area contributed by atoms with E-state index >= 15 is 0 Å². The summed E-state index contributed by atoms with van der Waals surface area (Å²) in [6.07, 6.45) is -8.49. The van der Waals surface area contributed by atoms with Crippen LogP contribution < -0.4 is 15.6 Å². The number of halogens is 6. The predicted molar refractivity (Wildman–Crippen MR) is 111 cm³/mol. The minimum absolute atomic E-state index is 0.108. The van der Waals surface area contributed by atoms with E-state index in [1.807, 2.05) is 5.32 Å². The minimum atomic E-state index is -5.09. The van der Waals surface area contributed by atoms with Crippen LogP contribution >= 0.6 is 0 Å². The summed E-state index contributed by atoms with van der Waals surface area (Å²) in [6.45, 7) is 0. The summed E-state index contributed by atoms with van der Waals surface area (Å²) in [5.74, 6) is -1.74. The van der Waals surface area contributed by atoms with Crippen LogP contribution in [0.3, 0.4) is 0 Å². The fourth-order valence-electron chi connectivity index (χ4n) is 3.81. The van der Waals surface area contributed by atoms with Crippen molar-refractivity contribution in [3.63, 3.8) is 0 Å². The lowest BCUT2D eigenvalue weighted by Gasteiger charge is -2.20. The normalized spacial score (nSPS) is 13.3. The summed E-state index contributed by atoms with van der Waals surface area (Å²) in [7, 11) is 0. The summed E-state index contributed by atoms with van der Waals surface area (Å²) in [5.41, 5.74) is -1.90. The highest BCUT2D eigenvalue weighted by molar-refractivity contribution is 6.12. The maximum Gasteiger partial charge on any atom is 0.434 e. The third-order valence-electron chi connectivity index (χ3n) is 5.30. The lowest BCUT2D eigenvalue weighted by molar-refractivity contribution is -0.143. The monoisotopic (exact) mass is 507 g/mol. The third-order valence-corrected chi connectivity index (χ3v) is 5.30. The van der Waals surface area contributed by atoms with Gasteiger partial charge in [-0.2, -0.15) is 36.9 Å². The summed E-state index contributed by atoms with van der Waals surface area (Å²) in [5, 5.41) is 6.19. The Balaban J connectivity index is 1.61. The van der Waals surface area contributed by atoms with Crippen LogP contribution in [0.5, 0.6) is 5.75 Å². The van der Waals surface area contributed by atoms with Gasteiger partial charge in [-0.25, -0.2) is 4.68 Å². The molecule has 184 valence electrons. The molecule has 0 saturated heterocycles. The van der Waals surface area contributed by atoms with Gasteiger partial charge in [0.25, 0.3) is 11.8 Å². The minimum Gasteiger partial charge on any atom is -0.379 e. The van der Waals surface area contributed by atoms with Gasteiger partial charge in [-0.15, -0.1) is 0 Å². The van der Waals surface area contributed by atoms with E-state index in [9.17, 15) is 35.9 Å². The number of carbonyl (C=O) groups is 2. The second-order valence-electron chi connectivity index (χ2n) is 7.54.